The second-order valence-electron chi connectivity index (χ2n) is 5.53. The molecule has 11 nitrogen and oxygen atoms in total. The highest BCUT2D eigenvalue weighted by atomic mass is 35.5. The molecular formula is C12H23ClO11. The van der Waals surface area contributed by atoms with Gasteiger partial charge in [0.05, 0.1) is 13.2 Å². The second-order valence-corrected chi connectivity index (χ2v) is 5.53. The lowest BCUT2D eigenvalue weighted by Crippen LogP contribution is -2.63. The minimum Gasteiger partial charge on any atom is -0.394 e. The topological polar surface area (TPSA) is 190 Å². The van der Waals surface area contributed by atoms with E-state index in [4.69, 9.17) is 24.4 Å². The van der Waals surface area contributed by atoms with Gasteiger partial charge in [0.15, 0.2) is 12.6 Å². The summed E-state index contributed by atoms with van der Waals surface area (Å²) in [4.78, 5) is 0. The molecule has 0 bridgehead atoms. The smallest absolute Gasteiger partial charge is 0.189 e. The molecule has 24 heavy (non-hydrogen) atoms. The van der Waals surface area contributed by atoms with Gasteiger partial charge in [0.2, 0.25) is 0 Å². The van der Waals surface area contributed by atoms with Gasteiger partial charge in [0, 0.05) is 0 Å². The fraction of sp³-hybridized carbons (Fsp3) is 1.00. The van der Waals surface area contributed by atoms with E-state index < -0.39 is 74.6 Å². The van der Waals surface area contributed by atoms with Crippen molar-refractivity contribution in [2.45, 2.75) is 61.4 Å². The van der Waals surface area contributed by atoms with Crippen LogP contribution in [0.5, 0.6) is 0 Å². The monoisotopic (exact) mass is 378 g/mol. The number of rotatable bonds is 4. The summed E-state index contributed by atoms with van der Waals surface area (Å²) in [7, 11) is 0. The molecule has 0 amide bonds. The molecule has 2 fully saturated rings. The van der Waals surface area contributed by atoms with Crippen LogP contribution in [0, 0.1) is 0 Å². The lowest BCUT2D eigenvalue weighted by molar-refractivity contribution is -0.376. The van der Waals surface area contributed by atoms with Crippen LogP contribution in [-0.2, 0) is 14.2 Å². The van der Waals surface area contributed by atoms with E-state index in [0.29, 0.717) is 0 Å². The number of hydrogen-bond acceptors (Lipinski definition) is 11. The van der Waals surface area contributed by atoms with E-state index >= 15 is 0 Å². The maximum absolute atomic E-state index is 9.84. The minimum absolute atomic E-state index is 0. The Labute approximate surface area is 143 Å². The largest absolute Gasteiger partial charge is 0.394 e. The maximum atomic E-state index is 9.84. The van der Waals surface area contributed by atoms with Gasteiger partial charge in [0.25, 0.3) is 0 Å². The van der Waals surface area contributed by atoms with E-state index in [9.17, 15) is 30.6 Å². The molecule has 2 saturated heterocycles. The highest BCUT2D eigenvalue weighted by molar-refractivity contribution is 5.85. The van der Waals surface area contributed by atoms with Gasteiger partial charge in [-0.1, -0.05) is 0 Å². The van der Waals surface area contributed by atoms with E-state index in [-0.39, 0.29) is 12.4 Å². The zero-order valence-corrected chi connectivity index (χ0v) is 13.2. The van der Waals surface area contributed by atoms with E-state index in [1.807, 2.05) is 0 Å². The summed E-state index contributed by atoms with van der Waals surface area (Å²) in [5.74, 6) is 0. The van der Waals surface area contributed by atoms with Crippen molar-refractivity contribution >= 4 is 12.4 Å². The molecule has 0 aliphatic carbocycles. The first-order chi connectivity index (χ1) is 10.8. The Morgan fingerprint density at radius 1 is 0.583 bits per heavy atom. The molecule has 12 heteroatoms. The van der Waals surface area contributed by atoms with Gasteiger partial charge in [0.1, 0.15) is 48.8 Å². The number of hydrogen-bond donors (Lipinski definition) is 8. The lowest BCUT2D eigenvalue weighted by Gasteiger charge is -2.44. The van der Waals surface area contributed by atoms with Crippen molar-refractivity contribution in [2.75, 3.05) is 13.2 Å². The summed E-state index contributed by atoms with van der Waals surface area (Å²) in [6.45, 7) is -1.33. The molecule has 0 radical (unpaired) electrons. The molecule has 2 aliphatic rings. The van der Waals surface area contributed by atoms with Crippen molar-refractivity contribution in [2.24, 2.45) is 0 Å². The van der Waals surface area contributed by atoms with Crippen LogP contribution in [0.3, 0.4) is 0 Å². The fourth-order valence-corrected chi connectivity index (χ4v) is 2.49. The van der Waals surface area contributed by atoms with Gasteiger partial charge in [-0.15, -0.1) is 12.4 Å². The second kappa shape index (κ2) is 8.98. The molecule has 144 valence electrons. The third kappa shape index (κ3) is 4.15. The first-order valence-electron chi connectivity index (χ1n) is 7.08. The highest BCUT2D eigenvalue weighted by Gasteiger charge is 2.49. The number of halogens is 1. The molecule has 0 aromatic carbocycles. The summed E-state index contributed by atoms with van der Waals surface area (Å²) >= 11 is 0. The molecule has 10 atom stereocenters. The fourth-order valence-electron chi connectivity index (χ4n) is 2.49. The van der Waals surface area contributed by atoms with Gasteiger partial charge < -0.3 is 55.1 Å². The Morgan fingerprint density at radius 3 is 1.21 bits per heavy atom. The van der Waals surface area contributed by atoms with E-state index in [2.05, 4.69) is 0 Å². The summed E-state index contributed by atoms with van der Waals surface area (Å²) in [6.07, 6.45) is -15.6. The molecule has 0 aromatic heterocycles. The number of aliphatic hydroxyl groups is 8. The Morgan fingerprint density at radius 2 is 0.917 bits per heavy atom. The molecule has 0 spiro atoms. The van der Waals surface area contributed by atoms with Gasteiger partial charge in [-0.25, -0.2) is 0 Å². The van der Waals surface area contributed by atoms with Crippen molar-refractivity contribution in [1.29, 1.82) is 0 Å². The normalized spacial score (nSPS) is 49.5. The van der Waals surface area contributed by atoms with E-state index in [0.717, 1.165) is 0 Å². The summed E-state index contributed by atoms with van der Waals surface area (Å²) in [6, 6.07) is 0. The maximum Gasteiger partial charge on any atom is 0.189 e. The molecule has 0 aromatic rings. The molecule has 8 N–H and O–H groups in total. The van der Waals surface area contributed by atoms with Gasteiger partial charge >= 0.3 is 0 Å². The van der Waals surface area contributed by atoms with E-state index in [1.165, 1.54) is 0 Å². The third-order valence-corrected chi connectivity index (χ3v) is 3.97. The average molecular weight is 379 g/mol. The van der Waals surface area contributed by atoms with Crippen LogP contribution in [0.15, 0.2) is 0 Å². The Kier molecular flexibility index (Phi) is 8.19. The van der Waals surface area contributed by atoms with Gasteiger partial charge in [-0.2, -0.15) is 0 Å². The van der Waals surface area contributed by atoms with Crippen LogP contribution in [-0.4, -0.2) is 115 Å². The Bertz CT molecular complexity index is 350. The van der Waals surface area contributed by atoms with Gasteiger partial charge in [-0.3, -0.25) is 0 Å². The van der Waals surface area contributed by atoms with Crippen LogP contribution < -0.4 is 0 Å². The SMILES string of the molecule is Cl.OC[C@H]1O[C@H](O[C@H]2O[C@H](CO)[C@@H](O)[C@H](O)[C@H]2O)[C@H](O)[C@@H](O)[C@@H]1O. The summed E-state index contributed by atoms with van der Waals surface area (Å²) in [5, 5.41) is 76.4. The molecule has 0 unspecified atom stereocenters. The third-order valence-electron chi connectivity index (χ3n) is 3.97. The zero-order chi connectivity index (χ0) is 17.3. The predicted octanol–water partition coefficient (Wildman–Crippen LogP) is -4.98. The Hall–Kier alpha value is -0.150. The highest BCUT2D eigenvalue weighted by Crippen LogP contribution is 2.27. The molecule has 2 rings (SSSR count). The summed E-state index contributed by atoms with van der Waals surface area (Å²) in [5.41, 5.74) is 0. The van der Waals surface area contributed by atoms with Crippen LogP contribution in [0.2, 0.25) is 0 Å². The molecular weight excluding hydrogens is 356 g/mol. The first kappa shape index (κ1) is 21.9. The molecule has 0 saturated carbocycles. The van der Waals surface area contributed by atoms with Crippen molar-refractivity contribution in [3.63, 3.8) is 0 Å². The van der Waals surface area contributed by atoms with Crippen molar-refractivity contribution in [3.8, 4) is 0 Å². The van der Waals surface area contributed by atoms with Crippen LogP contribution in [0.4, 0.5) is 0 Å². The molecule has 2 aliphatic heterocycles. The minimum atomic E-state index is -1.72. The average Bonchev–Trinajstić information content (AvgIpc) is 2.55. The number of aliphatic hydroxyl groups excluding tert-OH is 8. The van der Waals surface area contributed by atoms with Crippen molar-refractivity contribution in [3.05, 3.63) is 0 Å². The quantitative estimate of drug-likeness (QED) is 0.234. The summed E-state index contributed by atoms with van der Waals surface area (Å²) < 4.78 is 15.3. The first-order valence-corrected chi connectivity index (χ1v) is 7.08. The lowest BCUT2D eigenvalue weighted by atomic mass is 9.98. The van der Waals surface area contributed by atoms with Gasteiger partial charge in [-0.05, 0) is 0 Å². The van der Waals surface area contributed by atoms with E-state index in [1.54, 1.807) is 0 Å². The predicted molar refractivity (Wildman–Crippen MR) is 75.9 cm³/mol. The van der Waals surface area contributed by atoms with Crippen molar-refractivity contribution < 1.29 is 55.1 Å². The standard InChI is InChI=1S/C12H22O11.ClH/c13-1-3-5(15)7(17)9(19)11(21-3)23-12-10(20)8(18)6(16)4(2-14)22-12;/h3-20H,1-2H2;1H/t3-,4-,5-,6-,7+,8+,9-,10-,11-,12-;/m1./s1. The Balaban J connectivity index is 0.00000288. The van der Waals surface area contributed by atoms with Crippen LogP contribution in [0.25, 0.3) is 0 Å². The van der Waals surface area contributed by atoms with Crippen LogP contribution in [0.1, 0.15) is 0 Å². The molecule has 2 heterocycles. The van der Waals surface area contributed by atoms with Crippen LogP contribution >= 0.6 is 12.4 Å². The number of ether oxygens (including phenoxy) is 3. The zero-order valence-electron chi connectivity index (χ0n) is 12.4. The van der Waals surface area contributed by atoms with Crippen molar-refractivity contribution in [1.82, 2.24) is 0 Å².